The van der Waals surface area contributed by atoms with Crippen molar-refractivity contribution in [2.24, 2.45) is 5.90 Å². The molecule has 0 unspecified atom stereocenters. The molecule has 4 heteroatoms. The number of ether oxygens (including phenoxy) is 1. The Balaban J connectivity index is 2.99. The maximum atomic E-state index is 9.34. The Bertz CT molecular complexity index is 312. The van der Waals surface area contributed by atoms with Crippen LogP contribution in [0.4, 0.5) is 0 Å². The summed E-state index contributed by atoms with van der Waals surface area (Å²) in [4.78, 5) is 4.51. The molecule has 78 valence electrons. The zero-order valence-corrected chi connectivity index (χ0v) is 8.41. The molecule has 3 N–H and O–H groups in total. The van der Waals surface area contributed by atoms with Gasteiger partial charge in [0.2, 0.25) is 0 Å². The number of benzene rings is 1. The van der Waals surface area contributed by atoms with Crippen LogP contribution in [-0.4, -0.2) is 18.8 Å². The van der Waals surface area contributed by atoms with E-state index in [1.807, 2.05) is 6.92 Å². The molecular weight excluding hydrogens is 182 g/mol. The van der Waals surface area contributed by atoms with Gasteiger partial charge in [-0.15, -0.1) is 0 Å². The molecule has 0 spiro atoms. The standard InChI is InChI=1S/C10H15NO3/c1-7-5-8(12)6-10(13-2)9(7)3-4-14-11/h5-6,12H,3-4,11H2,1-2H3. The number of phenols is 1. The molecule has 0 aliphatic carbocycles. The number of phenolic OH excluding ortho intramolecular Hbond substituents is 1. The predicted molar refractivity (Wildman–Crippen MR) is 53.2 cm³/mol. The number of methoxy groups -OCH3 is 1. The van der Waals surface area contributed by atoms with E-state index in [9.17, 15) is 5.11 Å². The van der Waals surface area contributed by atoms with Gasteiger partial charge in [0.15, 0.2) is 0 Å². The Kier molecular flexibility index (Phi) is 3.73. The molecule has 0 saturated heterocycles. The number of aryl methyl sites for hydroxylation is 1. The Morgan fingerprint density at radius 3 is 2.71 bits per heavy atom. The predicted octanol–water partition coefficient (Wildman–Crippen LogP) is 1.14. The molecule has 0 radical (unpaired) electrons. The molecule has 4 nitrogen and oxygen atoms in total. The van der Waals surface area contributed by atoms with Crippen LogP contribution in [0.3, 0.4) is 0 Å². The van der Waals surface area contributed by atoms with E-state index >= 15 is 0 Å². The van der Waals surface area contributed by atoms with Crippen LogP contribution in [0.25, 0.3) is 0 Å². The summed E-state index contributed by atoms with van der Waals surface area (Å²) in [7, 11) is 1.57. The quantitative estimate of drug-likeness (QED) is 0.710. The molecule has 14 heavy (non-hydrogen) atoms. The van der Waals surface area contributed by atoms with E-state index in [4.69, 9.17) is 10.6 Å². The molecule has 0 aliphatic heterocycles. The first-order valence-corrected chi connectivity index (χ1v) is 4.37. The molecule has 0 aromatic heterocycles. The molecule has 0 fully saturated rings. The Labute approximate surface area is 83.2 Å². The minimum Gasteiger partial charge on any atom is -0.508 e. The topological polar surface area (TPSA) is 64.7 Å². The van der Waals surface area contributed by atoms with Gasteiger partial charge in [0.05, 0.1) is 13.7 Å². The van der Waals surface area contributed by atoms with E-state index in [0.29, 0.717) is 18.8 Å². The fourth-order valence-corrected chi connectivity index (χ4v) is 1.43. The van der Waals surface area contributed by atoms with E-state index < -0.39 is 0 Å². The van der Waals surface area contributed by atoms with Gasteiger partial charge in [-0.2, -0.15) is 0 Å². The Morgan fingerprint density at radius 1 is 1.43 bits per heavy atom. The monoisotopic (exact) mass is 197 g/mol. The summed E-state index contributed by atoms with van der Waals surface area (Å²) < 4.78 is 5.15. The Hall–Kier alpha value is -1.26. The van der Waals surface area contributed by atoms with Crippen LogP contribution in [0.15, 0.2) is 12.1 Å². The first-order chi connectivity index (χ1) is 6.69. The molecule has 1 aromatic rings. The molecule has 0 bridgehead atoms. The molecule has 0 amide bonds. The number of hydrogen-bond donors (Lipinski definition) is 2. The highest BCUT2D eigenvalue weighted by Gasteiger charge is 2.08. The SMILES string of the molecule is COc1cc(O)cc(C)c1CCON. The molecule has 0 heterocycles. The fraction of sp³-hybridized carbons (Fsp3) is 0.400. The maximum absolute atomic E-state index is 9.34. The molecule has 0 atom stereocenters. The summed E-state index contributed by atoms with van der Waals surface area (Å²) in [5, 5.41) is 9.34. The minimum atomic E-state index is 0.205. The van der Waals surface area contributed by atoms with Crippen molar-refractivity contribution in [3.8, 4) is 11.5 Å². The van der Waals surface area contributed by atoms with E-state index in [1.165, 1.54) is 0 Å². The van der Waals surface area contributed by atoms with Gasteiger partial charge >= 0.3 is 0 Å². The summed E-state index contributed by atoms with van der Waals surface area (Å²) in [5.74, 6) is 5.83. The average Bonchev–Trinajstić information content (AvgIpc) is 2.15. The van der Waals surface area contributed by atoms with Gasteiger partial charge in [-0.1, -0.05) is 0 Å². The van der Waals surface area contributed by atoms with Crippen molar-refractivity contribution in [2.45, 2.75) is 13.3 Å². The van der Waals surface area contributed by atoms with Crippen molar-refractivity contribution in [2.75, 3.05) is 13.7 Å². The van der Waals surface area contributed by atoms with Crippen LogP contribution in [0, 0.1) is 6.92 Å². The second kappa shape index (κ2) is 4.83. The third-order valence-electron chi connectivity index (χ3n) is 2.11. The lowest BCUT2D eigenvalue weighted by atomic mass is 10.0. The summed E-state index contributed by atoms with van der Waals surface area (Å²) in [6, 6.07) is 3.27. The van der Waals surface area contributed by atoms with Crippen molar-refractivity contribution in [3.63, 3.8) is 0 Å². The van der Waals surface area contributed by atoms with Crippen molar-refractivity contribution in [3.05, 3.63) is 23.3 Å². The molecule has 1 rings (SSSR count). The minimum absolute atomic E-state index is 0.205. The van der Waals surface area contributed by atoms with Crippen LogP contribution >= 0.6 is 0 Å². The first kappa shape index (κ1) is 10.8. The van der Waals surface area contributed by atoms with E-state index in [1.54, 1.807) is 19.2 Å². The van der Waals surface area contributed by atoms with Gasteiger partial charge in [0, 0.05) is 12.5 Å². The van der Waals surface area contributed by atoms with E-state index in [-0.39, 0.29) is 5.75 Å². The highest BCUT2D eigenvalue weighted by atomic mass is 16.6. The van der Waals surface area contributed by atoms with Gasteiger partial charge in [-0.25, -0.2) is 5.90 Å². The first-order valence-electron chi connectivity index (χ1n) is 4.37. The number of hydrogen-bond acceptors (Lipinski definition) is 4. The van der Waals surface area contributed by atoms with Crippen LogP contribution in [0.5, 0.6) is 11.5 Å². The largest absolute Gasteiger partial charge is 0.508 e. The normalized spacial score (nSPS) is 10.2. The van der Waals surface area contributed by atoms with E-state index in [2.05, 4.69) is 4.84 Å². The molecule has 0 aliphatic rings. The maximum Gasteiger partial charge on any atom is 0.126 e. The van der Waals surface area contributed by atoms with Crippen LogP contribution in [0.1, 0.15) is 11.1 Å². The summed E-state index contributed by atoms with van der Waals surface area (Å²) in [5.41, 5.74) is 1.98. The summed E-state index contributed by atoms with van der Waals surface area (Å²) in [6.07, 6.45) is 0.672. The van der Waals surface area contributed by atoms with Crippen molar-refractivity contribution >= 4 is 0 Å². The Morgan fingerprint density at radius 2 is 2.14 bits per heavy atom. The van der Waals surface area contributed by atoms with Gasteiger partial charge in [-0.3, -0.25) is 0 Å². The van der Waals surface area contributed by atoms with Gasteiger partial charge in [0.1, 0.15) is 11.5 Å². The van der Waals surface area contributed by atoms with Gasteiger partial charge in [0.25, 0.3) is 0 Å². The lowest BCUT2D eigenvalue weighted by Crippen LogP contribution is -2.06. The van der Waals surface area contributed by atoms with Crippen LogP contribution in [-0.2, 0) is 11.3 Å². The zero-order chi connectivity index (χ0) is 10.6. The highest BCUT2D eigenvalue weighted by Crippen LogP contribution is 2.27. The van der Waals surface area contributed by atoms with Gasteiger partial charge < -0.3 is 14.7 Å². The third-order valence-corrected chi connectivity index (χ3v) is 2.11. The molecular formula is C10H15NO3. The summed E-state index contributed by atoms with van der Waals surface area (Å²) >= 11 is 0. The summed E-state index contributed by atoms with van der Waals surface area (Å²) in [6.45, 7) is 2.34. The zero-order valence-electron chi connectivity index (χ0n) is 8.41. The lowest BCUT2D eigenvalue weighted by Gasteiger charge is -2.11. The van der Waals surface area contributed by atoms with Crippen LogP contribution < -0.4 is 10.6 Å². The fourth-order valence-electron chi connectivity index (χ4n) is 1.43. The van der Waals surface area contributed by atoms with Crippen molar-refractivity contribution < 1.29 is 14.7 Å². The lowest BCUT2D eigenvalue weighted by molar-refractivity contribution is 0.140. The molecule has 1 aromatic carbocycles. The van der Waals surface area contributed by atoms with Crippen LogP contribution in [0.2, 0.25) is 0 Å². The number of aromatic hydroxyl groups is 1. The second-order valence-electron chi connectivity index (χ2n) is 3.06. The smallest absolute Gasteiger partial charge is 0.126 e. The highest BCUT2D eigenvalue weighted by molar-refractivity contribution is 5.45. The van der Waals surface area contributed by atoms with Crippen molar-refractivity contribution in [1.29, 1.82) is 0 Å². The average molecular weight is 197 g/mol. The third kappa shape index (κ3) is 2.37. The van der Waals surface area contributed by atoms with Crippen molar-refractivity contribution in [1.82, 2.24) is 0 Å². The number of rotatable bonds is 4. The molecule has 0 saturated carbocycles. The second-order valence-corrected chi connectivity index (χ2v) is 3.06. The van der Waals surface area contributed by atoms with Gasteiger partial charge in [-0.05, 0) is 24.1 Å². The van der Waals surface area contributed by atoms with E-state index in [0.717, 1.165) is 11.1 Å². The number of nitrogens with two attached hydrogens (primary N) is 1.